The van der Waals surface area contributed by atoms with Gasteiger partial charge < -0.3 is 22.0 Å². The Morgan fingerprint density at radius 1 is 1.06 bits per heavy atom. The zero-order valence-electron chi connectivity index (χ0n) is 20.9. The van der Waals surface area contributed by atoms with Gasteiger partial charge >= 0.3 is 24.4 Å². The number of ether oxygens (including phenoxy) is 1. The third kappa shape index (κ3) is 4.91. The van der Waals surface area contributed by atoms with Crippen molar-refractivity contribution in [2.75, 3.05) is 0 Å². The molecule has 5 rings (SSSR count). The summed E-state index contributed by atoms with van der Waals surface area (Å²) in [6.07, 6.45) is 3.95. The summed E-state index contributed by atoms with van der Waals surface area (Å²) < 4.78 is 86.6. The van der Waals surface area contributed by atoms with Gasteiger partial charge in [0.15, 0.2) is 5.69 Å². The van der Waals surface area contributed by atoms with E-state index in [0.29, 0.717) is 23.7 Å². The molecule has 4 aliphatic rings. The monoisotopic (exact) mass is 543 g/mol. The van der Waals surface area contributed by atoms with E-state index in [1.165, 1.54) is 11.5 Å². The van der Waals surface area contributed by atoms with Gasteiger partial charge in [-0.3, -0.25) is 4.79 Å². The van der Waals surface area contributed by atoms with Gasteiger partial charge in [-0.25, -0.2) is 0 Å². The number of fused-ring (bicyclic) bond motifs is 7. The van der Waals surface area contributed by atoms with E-state index in [1.807, 2.05) is 0 Å². The fourth-order valence-electron chi connectivity index (χ4n) is 8.17. The first-order valence-corrected chi connectivity index (χ1v) is 13.4. The topological polar surface area (TPSA) is 30.2 Å². The second-order valence-corrected chi connectivity index (χ2v) is 12.6. The molecule has 12 heteroatoms. The molecule has 0 N–H and O–H groups in total. The molecule has 0 aliphatic heterocycles. The number of thiazole rings is 1. The largest absolute Gasteiger partial charge is 0.673 e. The minimum absolute atomic E-state index is 0.0549. The smallest absolute Gasteiger partial charge is 0.463 e. The molecule has 3 fully saturated rings. The number of aromatic nitrogens is 1. The SMILES string of the molecule is CC(=O)O[C@H]1CC[C@@]2(C)[C@@H](CC[C@@H]3[C@@H]2CC[C@]2(C)c4sc(C(F)(F)F)[n+](C)c4C[C@@H]32)C1.F[B-](F)(F)F. The van der Waals surface area contributed by atoms with E-state index in [-0.39, 0.29) is 22.9 Å². The Morgan fingerprint density at radius 2 is 1.69 bits per heavy atom. The molecule has 7 atom stereocenters. The van der Waals surface area contributed by atoms with Crippen LogP contribution in [0.2, 0.25) is 0 Å². The average molecular weight is 543 g/mol. The predicted octanol–water partition coefficient (Wildman–Crippen LogP) is 6.88. The highest BCUT2D eigenvalue weighted by molar-refractivity contribution is 7.11. The lowest BCUT2D eigenvalue weighted by molar-refractivity contribution is -0.692. The highest BCUT2D eigenvalue weighted by atomic mass is 32.1. The molecular weight excluding hydrogens is 510 g/mol. The molecule has 1 heterocycles. The van der Waals surface area contributed by atoms with Crippen molar-refractivity contribution in [1.29, 1.82) is 0 Å². The Hall–Kier alpha value is -1.33. The molecule has 0 amide bonds. The van der Waals surface area contributed by atoms with E-state index in [9.17, 15) is 35.2 Å². The van der Waals surface area contributed by atoms with Crippen molar-refractivity contribution in [3.63, 3.8) is 0 Å². The molecule has 36 heavy (non-hydrogen) atoms. The lowest BCUT2D eigenvalue weighted by Gasteiger charge is -2.60. The summed E-state index contributed by atoms with van der Waals surface area (Å²) in [5.41, 5.74) is 1.06. The quantitative estimate of drug-likeness (QED) is 0.167. The third-order valence-corrected chi connectivity index (χ3v) is 11.3. The molecule has 0 aromatic carbocycles. The number of hydrogen-bond acceptors (Lipinski definition) is 3. The maximum Gasteiger partial charge on any atom is 0.673 e. The van der Waals surface area contributed by atoms with Gasteiger partial charge in [0.05, 0.1) is 4.88 Å². The van der Waals surface area contributed by atoms with Gasteiger partial charge in [0, 0.05) is 18.8 Å². The van der Waals surface area contributed by atoms with Crippen LogP contribution in [0.5, 0.6) is 0 Å². The summed E-state index contributed by atoms with van der Waals surface area (Å²) in [4.78, 5) is 12.4. The van der Waals surface area contributed by atoms with Crippen LogP contribution in [0.25, 0.3) is 0 Å². The molecule has 204 valence electrons. The minimum Gasteiger partial charge on any atom is -0.463 e. The Morgan fingerprint density at radius 3 is 2.28 bits per heavy atom. The van der Waals surface area contributed by atoms with E-state index >= 15 is 0 Å². The number of rotatable bonds is 1. The lowest BCUT2D eigenvalue weighted by atomic mass is 9.45. The third-order valence-electron chi connectivity index (χ3n) is 9.68. The first-order chi connectivity index (χ1) is 16.4. The number of esters is 1. The summed E-state index contributed by atoms with van der Waals surface area (Å²) in [6, 6.07) is 0. The van der Waals surface area contributed by atoms with Crippen molar-refractivity contribution in [1.82, 2.24) is 0 Å². The van der Waals surface area contributed by atoms with Crippen LogP contribution in [0.4, 0.5) is 30.4 Å². The number of hydrogen-bond donors (Lipinski definition) is 0. The van der Waals surface area contributed by atoms with E-state index < -0.39 is 18.4 Å². The molecule has 1 aromatic rings. The molecule has 0 spiro atoms. The molecule has 1 aromatic heterocycles. The summed E-state index contributed by atoms with van der Waals surface area (Å²) in [7, 11) is -4.40. The molecule has 3 nitrogen and oxygen atoms in total. The number of nitrogens with zero attached hydrogens (tertiary/aromatic N) is 1. The number of alkyl halides is 3. The second-order valence-electron chi connectivity index (χ2n) is 11.6. The van der Waals surface area contributed by atoms with Crippen LogP contribution < -0.4 is 4.57 Å². The van der Waals surface area contributed by atoms with Gasteiger partial charge in [0.1, 0.15) is 13.2 Å². The van der Waals surface area contributed by atoms with Gasteiger partial charge in [-0.2, -0.15) is 17.7 Å². The number of carbonyl (C=O) groups excluding carboxylic acids is 1. The lowest BCUT2D eigenvalue weighted by Crippen LogP contribution is -2.54. The fourth-order valence-corrected chi connectivity index (χ4v) is 9.55. The van der Waals surface area contributed by atoms with Crippen molar-refractivity contribution in [2.24, 2.45) is 36.1 Å². The number of carbonyl (C=O) groups is 1. The summed E-state index contributed by atoms with van der Waals surface area (Å²) in [5, 5.41) is -0.459. The molecule has 0 bridgehead atoms. The molecule has 3 saturated carbocycles. The van der Waals surface area contributed by atoms with Crippen molar-refractivity contribution < 1.29 is 44.5 Å². The van der Waals surface area contributed by atoms with Gasteiger partial charge in [-0.15, -0.1) is 0 Å². The van der Waals surface area contributed by atoms with Crippen molar-refractivity contribution in [3.8, 4) is 0 Å². The van der Waals surface area contributed by atoms with Gasteiger partial charge in [-0.1, -0.05) is 25.2 Å². The van der Waals surface area contributed by atoms with Crippen LogP contribution in [-0.2, 0) is 34.6 Å². The molecule has 0 unspecified atom stereocenters. The fraction of sp³-hybridized carbons (Fsp3) is 0.833. The summed E-state index contributed by atoms with van der Waals surface area (Å²) >= 11 is 0.997. The van der Waals surface area contributed by atoms with Crippen LogP contribution in [0, 0.1) is 29.1 Å². The van der Waals surface area contributed by atoms with Crippen LogP contribution in [0.3, 0.4) is 0 Å². The summed E-state index contributed by atoms with van der Waals surface area (Å²) in [6.45, 7) is 6.19. The highest BCUT2D eigenvalue weighted by Crippen LogP contribution is 2.66. The van der Waals surface area contributed by atoms with Crippen molar-refractivity contribution in [3.05, 3.63) is 15.6 Å². The van der Waals surface area contributed by atoms with E-state index in [4.69, 9.17) is 4.74 Å². The van der Waals surface area contributed by atoms with E-state index in [0.717, 1.165) is 73.3 Å². The molecule has 0 saturated heterocycles. The Labute approximate surface area is 210 Å². The molecule has 4 aliphatic carbocycles. The van der Waals surface area contributed by atoms with Crippen LogP contribution in [0.1, 0.15) is 81.3 Å². The highest BCUT2D eigenvalue weighted by Gasteiger charge is 2.62. The van der Waals surface area contributed by atoms with Crippen LogP contribution in [0.15, 0.2) is 0 Å². The van der Waals surface area contributed by atoms with E-state index in [2.05, 4.69) is 13.8 Å². The van der Waals surface area contributed by atoms with Crippen molar-refractivity contribution >= 4 is 24.6 Å². The normalized spacial score (nSPS) is 37.6. The van der Waals surface area contributed by atoms with Crippen molar-refractivity contribution in [2.45, 2.75) is 89.8 Å². The summed E-state index contributed by atoms with van der Waals surface area (Å²) in [5.74, 6) is 2.06. The van der Waals surface area contributed by atoms with Gasteiger partial charge in [0.2, 0.25) is 0 Å². The van der Waals surface area contributed by atoms with Gasteiger partial charge in [-0.05, 0) is 74.0 Å². The number of halogens is 7. The Balaban J connectivity index is 0.000000556. The van der Waals surface area contributed by atoms with Gasteiger partial charge in [0.25, 0.3) is 0 Å². The van der Waals surface area contributed by atoms with Crippen LogP contribution >= 0.6 is 11.3 Å². The average Bonchev–Trinajstić information content (AvgIpc) is 3.21. The Kier molecular flexibility index (Phi) is 7.04. The molecular formula is C24H33BF7NO2S. The maximum absolute atomic E-state index is 13.5. The standard InChI is InChI=1S/C24H33F3NO2S.BF4/c1-13(29)30-15-7-9-22(2)14(11-15)5-6-16-17(22)8-10-23(3)18(16)12-19-20(23)31-21(28(19)4)24(25,26)27;2-1(3,4)5/h14-18H,5-12H2,1-4H3;/q+1;-1/t14-,15-,16+,17-,18-,22-,23-;/m0./s1. The Bertz CT molecular complexity index is 1010. The van der Waals surface area contributed by atoms with E-state index in [1.54, 1.807) is 7.05 Å². The second kappa shape index (κ2) is 9.15. The van der Waals surface area contributed by atoms with Crippen LogP contribution in [-0.4, -0.2) is 19.3 Å². The molecule has 0 radical (unpaired) electrons. The zero-order chi connectivity index (χ0) is 26.8. The zero-order valence-corrected chi connectivity index (χ0v) is 21.8. The predicted molar refractivity (Wildman–Crippen MR) is 122 cm³/mol. The maximum atomic E-state index is 13.5. The minimum atomic E-state index is -6.00. The first-order valence-electron chi connectivity index (χ1n) is 12.6. The first kappa shape index (κ1) is 27.7.